The number of aliphatic imine (C=N–C) groups is 1. The normalized spacial score (nSPS) is 21.3. The van der Waals surface area contributed by atoms with Crippen molar-refractivity contribution in [3.05, 3.63) is 18.5 Å². The molecule has 2 fully saturated rings. The fourth-order valence-corrected chi connectivity index (χ4v) is 4.55. The first-order valence-electron chi connectivity index (χ1n) is 9.55. The monoisotopic (exact) mass is 395 g/mol. The molecule has 0 atom stereocenters. The Hall–Kier alpha value is -1.94. The molecule has 2 aliphatic heterocycles. The van der Waals surface area contributed by atoms with Crippen LogP contribution < -0.4 is 10.2 Å². The number of guanidine groups is 1. The largest absolute Gasteiger partial charge is 0.357 e. The number of nitrogens with zero attached hydrogens (tertiary/aromatic N) is 6. The first kappa shape index (κ1) is 19.8. The highest BCUT2D eigenvalue weighted by Gasteiger charge is 2.22. The Morgan fingerprint density at radius 2 is 1.78 bits per heavy atom. The molecular formula is C17H29N7O2S. The quantitative estimate of drug-likeness (QED) is 0.516. The molecule has 150 valence electrons. The lowest BCUT2D eigenvalue weighted by Gasteiger charge is -2.36. The van der Waals surface area contributed by atoms with E-state index in [-0.39, 0.29) is 11.5 Å². The van der Waals surface area contributed by atoms with Gasteiger partial charge in [-0.05, 0) is 13.0 Å². The Bertz CT molecular complexity index is 704. The number of aromatic nitrogens is 2. The molecule has 9 nitrogen and oxygen atoms in total. The van der Waals surface area contributed by atoms with Gasteiger partial charge in [0.05, 0.1) is 18.1 Å². The van der Waals surface area contributed by atoms with Crippen LogP contribution in [-0.2, 0) is 9.84 Å². The first-order valence-corrected chi connectivity index (χ1v) is 11.4. The third kappa shape index (κ3) is 5.77. The summed E-state index contributed by atoms with van der Waals surface area (Å²) in [5.41, 5.74) is 0. The van der Waals surface area contributed by atoms with Crippen LogP contribution in [0, 0.1) is 0 Å². The Kier molecular flexibility index (Phi) is 6.84. The smallest absolute Gasteiger partial charge is 0.225 e. The van der Waals surface area contributed by atoms with Gasteiger partial charge in [0.1, 0.15) is 0 Å². The molecule has 0 unspecified atom stereocenters. The summed E-state index contributed by atoms with van der Waals surface area (Å²) in [5, 5.41) is 3.37. The summed E-state index contributed by atoms with van der Waals surface area (Å²) in [6.45, 7) is 9.04. The second-order valence-electron chi connectivity index (χ2n) is 6.75. The van der Waals surface area contributed by atoms with Crippen LogP contribution in [0.3, 0.4) is 0 Å². The van der Waals surface area contributed by atoms with Crippen LogP contribution in [0.2, 0.25) is 0 Å². The summed E-state index contributed by atoms with van der Waals surface area (Å²) in [7, 11) is -2.82. The summed E-state index contributed by atoms with van der Waals surface area (Å²) in [6.07, 6.45) is 3.54. The molecule has 0 aliphatic carbocycles. The van der Waals surface area contributed by atoms with Crippen LogP contribution in [0.5, 0.6) is 0 Å². The molecule has 0 radical (unpaired) electrons. The van der Waals surface area contributed by atoms with Crippen LogP contribution >= 0.6 is 0 Å². The van der Waals surface area contributed by atoms with Gasteiger partial charge in [-0.15, -0.1) is 0 Å². The average molecular weight is 396 g/mol. The summed E-state index contributed by atoms with van der Waals surface area (Å²) < 4.78 is 23.0. The summed E-state index contributed by atoms with van der Waals surface area (Å²) in [5.74, 6) is 2.23. The second kappa shape index (κ2) is 9.32. The summed E-state index contributed by atoms with van der Waals surface area (Å²) in [6, 6.07) is 1.83. The zero-order chi connectivity index (χ0) is 19.1. The molecule has 1 aromatic rings. The molecule has 1 N–H and O–H groups in total. The lowest BCUT2D eigenvalue weighted by atomic mass is 10.3. The van der Waals surface area contributed by atoms with Crippen molar-refractivity contribution in [2.75, 3.05) is 75.3 Å². The van der Waals surface area contributed by atoms with Gasteiger partial charge in [0.25, 0.3) is 0 Å². The Balaban J connectivity index is 1.49. The number of anilines is 1. The number of rotatable bonds is 5. The highest BCUT2D eigenvalue weighted by atomic mass is 32.2. The number of hydrogen-bond donors (Lipinski definition) is 1. The van der Waals surface area contributed by atoms with Crippen molar-refractivity contribution in [1.82, 2.24) is 25.1 Å². The van der Waals surface area contributed by atoms with Crippen LogP contribution in [0.1, 0.15) is 6.92 Å². The van der Waals surface area contributed by atoms with Crippen molar-refractivity contribution < 1.29 is 8.42 Å². The molecule has 3 rings (SSSR count). The second-order valence-corrected chi connectivity index (χ2v) is 9.06. The maximum absolute atomic E-state index is 11.5. The van der Waals surface area contributed by atoms with E-state index < -0.39 is 9.84 Å². The van der Waals surface area contributed by atoms with E-state index in [1.165, 1.54) is 0 Å². The average Bonchev–Trinajstić information content (AvgIpc) is 2.69. The van der Waals surface area contributed by atoms with Crippen LogP contribution in [-0.4, -0.2) is 105 Å². The van der Waals surface area contributed by atoms with Crippen LogP contribution in [0.25, 0.3) is 0 Å². The minimum Gasteiger partial charge on any atom is -0.357 e. The molecule has 27 heavy (non-hydrogen) atoms. The minimum absolute atomic E-state index is 0.264. The lowest BCUT2D eigenvalue weighted by molar-refractivity contribution is 0.302. The number of nitrogens with one attached hydrogen (secondary N) is 1. The van der Waals surface area contributed by atoms with Crippen molar-refractivity contribution in [1.29, 1.82) is 0 Å². The van der Waals surface area contributed by atoms with E-state index in [0.29, 0.717) is 19.6 Å². The van der Waals surface area contributed by atoms with Crippen molar-refractivity contribution in [3.8, 4) is 0 Å². The molecule has 0 aromatic carbocycles. The molecule has 0 amide bonds. The number of piperazine rings is 1. The Morgan fingerprint density at radius 3 is 2.41 bits per heavy atom. The number of sulfone groups is 1. The van der Waals surface area contributed by atoms with E-state index >= 15 is 0 Å². The highest BCUT2D eigenvalue weighted by Crippen LogP contribution is 2.10. The van der Waals surface area contributed by atoms with Gasteiger partial charge in [0.15, 0.2) is 15.8 Å². The van der Waals surface area contributed by atoms with E-state index in [0.717, 1.165) is 51.2 Å². The Labute approximate surface area is 161 Å². The van der Waals surface area contributed by atoms with Gasteiger partial charge in [0, 0.05) is 64.8 Å². The lowest BCUT2D eigenvalue weighted by Crippen LogP contribution is -2.53. The van der Waals surface area contributed by atoms with Crippen molar-refractivity contribution in [2.24, 2.45) is 4.99 Å². The molecule has 2 aliphatic rings. The van der Waals surface area contributed by atoms with E-state index in [1.54, 1.807) is 12.4 Å². The van der Waals surface area contributed by atoms with Gasteiger partial charge in [-0.1, -0.05) is 0 Å². The van der Waals surface area contributed by atoms with E-state index in [9.17, 15) is 8.42 Å². The fourth-order valence-electron chi connectivity index (χ4n) is 3.27. The van der Waals surface area contributed by atoms with Gasteiger partial charge in [-0.2, -0.15) is 0 Å². The van der Waals surface area contributed by atoms with Crippen molar-refractivity contribution in [2.45, 2.75) is 6.92 Å². The molecule has 0 spiro atoms. The number of hydrogen-bond acceptors (Lipinski definition) is 7. The zero-order valence-corrected chi connectivity index (χ0v) is 16.7. The van der Waals surface area contributed by atoms with Gasteiger partial charge in [-0.3, -0.25) is 9.89 Å². The minimum atomic E-state index is -2.82. The molecule has 0 bridgehead atoms. The molecular weight excluding hydrogens is 366 g/mol. The van der Waals surface area contributed by atoms with E-state index in [1.807, 2.05) is 6.07 Å². The third-order valence-corrected chi connectivity index (χ3v) is 6.47. The molecule has 3 heterocycles. The van der Waals surface area contributed by atoms with Gasteiger partial charge < -0.3 is 15.1 Å². The van der Waals surface area contributed by atoms with E-state index in [4.69, 9.17) is 4.99 Å². The predicted molar refractivity (Wildman–Crippen MR) is 107 cm³/mol. The van der Waals surface area contributed by atoms with E-state index in [2.05, 4.69) is 36.9 Å². The van der Waals surface area contributed by atoms with Gasteiger partial charge in [-0.25, -0.2) is 18.4 Å². The van der Waals surface area contributed by atoms with Gasteiger partial charge >= 0.3 is 0 Å². The van der Waals surface area contributed by atoms with Crippen molar-refractivity contribution >= 4 is 21.7 Å². The maximum Gasteiger partial charge on any atom is 0.225 e. The SMILES string of the molecule is CCNC(=NCCN1CCS(=O)(=O)CC1)N1CCN(c2ncccn2)CC1. The summed E-state index contributed by atoms with van der Waals surface area (Å²) >= 11 is 0. The molecule has 10 heteroatoms. The van der Waals surface area contributed by atoms with Crippen LogP contribution in [0.15, 0.2) is 23.5 Å². The predicted octanol–water partition coefficient (Wildman–Crippen LogP) is -0.705. The molecule has 2 saturated heterocycles. The molecule has 0 saturated carbocycles. The summed E-state index contributed by atoms with van der Waals surface area (Å²) in [4.78, 5) is 20.0. The fraction of sp³-hybridized carbons (Fsp3) is 0.706. The van der Waals surface area contributed by atoms with Gasteiger partial charge in [0.2, 0.25) is 5.95 Å². The zero-order valence-electron chi connectivity index (χ0n) is 15.9. The van der Waals surface area contributed by atoms with Crippen LogP contribution in [0.4, 0.5) is 5.95 Å². The van der Waals surface area contributed by atoms with Crippen molar-refractivity contribution in [3.63, 3.8) is 0 Å². The maximum atomic E-state index is 11.5. The third-order valence-electron chi connectivity index (χ3n) is 4.86. The highest BCUT2D eigenvalue weighted by molar-refractivity contribution is 7.91. The standard InChI is InChI=1S/C17H29N7O2S/c1-2-18-16(21-6-7-22-12-14-27(25,26)15-13-22)23-8-10-24(11-9-23)17-19-4-3-5-20-17/h3-5H,2,6-15H2,1H3,(H,18,21). The Morgan fingerprint density at radius 1 is 1.11 bits per heavy atom. The topological polar surface area (TPSA) is 94.0 Å². The molecule has 1 aromatic heterocycles. The first-order chi connectivity index (χ1) is 13.1.